The van der Waals surface area contributed by atoms with Crippen LogP contribution < -0.4 is 0 Å². The molecule has 0 amide bonds. The fraction of sp³-hybridized carbons (Fsp3) is 0. The monoisotopic (exact) mass is 216 g/mol. The van der Waals surface area contributed by atoms with Crippen molar-refractivity contribution >= 4 is 11.3 Å². The van der Waals surface area contributed by atoms with Gasteiger partial charge in [-0.25, -0.2) is 0 Å². The zero-order valence-electron chi connectivity index (χ0n) is 7.84. The Balaban J connectivity index is 2.15. The predicted molar refractivity (Wildman–Crippen MR) is 59.7 cm³/mol. The summed E-state index contributed by atoms with van der Waals surface area (Å²) in [4.78, 5) is 1.21. The molecule has 74 valence electrons. The smallest absolute Gasteiger partial charge is 0.0989 e. The van der Waals surface area contributed by atoms with Crippen LogP contribution in [0, 0.1) is 0 Å². The molecule has 0 aliphatic rings. The van der Waals surface area contributed by atoms with Gasteiger partial charge in [0, 0.05) is 21.6 Å². The second-order valence-corrected chi connectivity index (χ2v) is 4.10. The Kier molecular flexibility index (Phi) is 1.96. The minimum absolute atomic E-state index is 1.10. The molecule has 0 fully saturated rings. The molecule has 3 aromatic rings. The van der Waals surface area contributed by atoms with E-state index in [0.717, 1.165) is 11.1 Å². The van der Waals surface area contributed by atoms with Crippen LogP contribution in [0.2, 0.25) is 0 Å². The van der Waals surface area contributed by atoms with Crippen molar-refractivity contribution in [3.8, 4) is 21.6 Å². The van der Waals surface area contributed by atoms with Crippen LogP contribution in [0.1, 0.15) is 0 Å². The number of thiophene rings is 1. The van der Waals surface area contributed by atoms with Crippen LogP contribution in [0.5, 0.6) is 0 Å². The summed E-state index contributed by atoms with van der Waals surface area (Å²) in [7, 11) is 0. The Hall–Kier alpha value is -1.74. The first-order valence-corrected chi connectivity index (χ1v) is 5.46. The Morgan fingerprint density at radius 1 is 0.867 bits per heavy atom. The third kappa shape index (κ3) is 1.41. The minimum Gasteiger partial charge on any atom is -0.472 e. The predicted octanol–water partition coefficient (Wildman–Crippen LogP) is 4.27. The SMILES string of the molecule is c1cc(-c2ccsc2-c2ccoc2)co1. The Labute approximate surface area is 90.8 Å². The standard InChI is InChI=1S/C12H8O2S/c1-4-13-7-9(1)11-3-6-15-12(11)10-2-5-14-8-10/h1-8H. The van der Waals surface area contributed by atoms with E-state index in [1.165, 1.54) is 10.4 Å². The van der Waals surface area contributed by atoms with Crippen LogP contribution in [0.15, 0.2) is 57.5 Å². The zero-order chi connectivity index (χ0) is 10.1. The van der Waals surface area contributed by atoms with E-state index >= 15 is 0 Å². The molecule has 0 radical (unpaired) electrons. The Bertz CT molecular complexity index is 483. The molecule has 3 rings (SSSR count). The molecule has 0 bridgehead atoms. The van der Waals surface area contributed by atoms with Crippen molar-refractivity contribution in [2.45, 2.75) is 0 Å². The highest BCUT2D eigenvalue weighted by molar-refractivity contribution is 7.14. The molecule has 3 heteroatoms. The molecule has 2 nitrogen and oxygen atoms in total. The molecule has 0 unspecified atom stereocenters. The Morgan fingerprint density at radius 2 is 1.60 bits per heavy atom. The van der Waals surface area contributed by atoms with Gasteiger partial charge in [0.1, 0.15) is 0 Å². The fourth-order valence-electron chi connectivity index (χ4n) is 1.57. The summed E-state index contributed by atoms with van der Waals surface area (Å²) in [6.45, 7) is 0. The highest BCUT2D eigenvalue weighted by atomic mass is 32.1. The van der Waals surface area contributed by atoms with Gasteiger partial charge in [0.2, 0.25) is 0 Å². The summed E-state index contributed by atoms with van der Waals surface area (Å²) in [5.74, 6) is 0. The maximum atomic E-state index is 5.09. The quantitative estimate of drug-likeness (QED) is 0.639. The van der Waals surface area contributed by atoms with Crippen molar-refractivity contribution in [2.75, 3.05) is 0 Å². The second kappa shape index (κ2) is 3.44. The van der Waals surface area contributed by atoms with E-state index in [9.17, 15) is 0 Å². The highest BCUT2D eigenvalue weighted by Crippen LogP contribution is 2.36. The second-order valence-electron chi connectivity index (χ2n) is 3.19. The van der Waals surface area contributed by atoms with Crippen molar-refractivity contribution < 1.29 is 8.83 Å². The van der Waals surface area contributed by atoms with Crippen molar-refractivity contribution in [2.24, 2.45) is 0 Å². The van der Waals surface area contributed by atoms with E-state index in [2.05, 4.69) is 11.4 Å². The molecule has 0 aliphatic heterocycles. The van der Waals surface area contributed by atoms with Gasteiger partial charge in [0.25, 0.3) is 0 Å². The zero-order valence-corrected chi connectivity index (χ0v) is 8.66. The first-order chi connectivity index (χ1) is 7.45. The van der Waals surface area contributed by atoms with E-state index < -0.39 is 0 Å². The molecular weight excluding hydrogens is 208 g/mol. The maximum Gasteiger partial charge on any atom is 0.0989 e. The lowest BCUT2D eigenvalue weighted by molar-refractivity contribution is 0.567. The molecule has 0 aliphatic carbocycles. The summed E-state index contributed by atoms with van der Waals surface area (Å²) in [5, 5.41) is 2.07. The molecule has 0 atom stereocenters. The van der Waals surface area contributed by atoms with Crippen LogP contribution in [0.3, 0.4) is 0 Å². The minimum atomic E-state index is 1.10. The topological polar surface area (TPSA) is 26.3 Å². The molecule has 0 aromatic carbocycles. The van der Waals surface area contributed by atoms with E-state index in [0.29, 0.717) is 0 Å². The van der Waals surface area contributed by atoms with Gasteiger partial charge in [0.15, 0.2) is 0 Å². The van der Waals surface area contributed by atoms with E-state index in [-0.39, 0.29) is 0 Å². The first kappa shape index (κ1) is 8.56. The number of furan rings is 2. The molecular formula is C12H8O2S. The van der Waals surface area contributed by atoms with Crippen LogP contribution in [0.25, 0.3) is 21.6 Å². The van der Waals surface area contributed by atoms with Crippen LogP contribution in [-0.4, -0.2) is 0 Å². The van der Waals surface area contributed by atoms with E-state index in [1.807, 2.05) is 12.1 Å². The summed E-state index contributed by atoms with van der Waals surface area (Å²) in [6, 6.07) is 6.03. The van der Waals surface area contributed by atoms with Crippen molar-refractivity contribution in [3.05, 3.63) is 48.6 Å². The van der Waals surface area contributed by atoms with E-state index in [4.69, 9.17) is 8.83 Å². The van der Waals surface area contributed by atoms with Crippen LogP contribution in [0.4, 0.5) is 0 Å². The summed E-state index contributed by atoms with van der Waals surface area (Å²) >= 11 is 1.70. The number of hydrogen-bond acceptors (Lipinski definition) is 3. The van der Waals surface area contributed by atoms with Gasteiger partial charge in [-0.15, -0.1) is 11.3 Å². The fourth-order valence-corrected chi connectivity index (χ4v) is 2.48. The van der Waals surface area contributed by atoms with Gasteiger partial charge in [0.05, 0.1) is 25.1 Å². The number of rotatable bonds is 2. The largest absolute Gasteiger partial charge is 0.472 e. The third-order valence-electron chi connectivity index (χ3n) is 2.28. The Morgan fingerprint density at radius 3 is 2.27 bits per heavy atom. The molecule has 0 saturated carbocycles. The van der Waals surface area contributed by atoms with Gasteiger partial charge in [-0.1, -0.05) is 0 Å². The van der Waals surface area contributed by atoms with Gasteiger partial charge < -0.3 is 8.83 Å². The van der Waals surface area contributed by atoms with Gasteiger partial charge in [-0.2, -0.15) is 0 Å². The van der Waals surface area contributed by atoms with Crippen molar-refractivity contribution in [1.82, 2.24) is 0 Å². The third-order valence-corrected chi connectivity index (χ3v) is 3.24. The van der Waals surface area contributed by atoms with E-state index in [1.54, 1.807) is 36.4 Å². The molecule has 0 saturated heterocycles. The van der Waals surface area contributed by atoms with Crippen molar-refractivity contribution in [1.29, 1.82) is 0 Å². The molecule has 15 heavy (non-hydrogen) atoms. The van der Waals surface area contributed by atoms with Gasteiger partial charge in [-0.3, -0.25) is 0 Å². The average molecular weight is 216 g/mol. The lowest BCUT2D eigenvalue weighted by Gasteiger charge is -1.96. The lowest BCUT2D eigenvalue weighted by Crippen LogP contribution is -1.72. The molecule has 0 N–H and O–H groups in total. The molecule has 3 heterocycles. The first-order valence-electron chi connectivity index (χ1n) is 4.58. The van der Waals surface area contributed by atoms with Crippen LogP contribution in [-0.2, 0) is 0 Å². The molecule has 0 spiro atoms. The van der Waals surface area contributed by atoms with Crippen molar-refractivity contribution in [3.63, 3.8) is 0 Å². The summed E-state index contributed by atoms with van der Waals surface area (Å²) in [6.07, 6.45) is 6.89. The molecule has 3 aromatic heterocycles. The normalized spacial score (nSPS) is 10.7. The summed E-state index contributed by atoms with van der Waals surface area (Å²) in [5.41, 5.74) is 3.41. The number of hydrogen-bond donors (Lipinski definition) is 0. The maximum absolute atomic E-state index is 5.09. The lowest BCUT2D eigenvalue weighted by atomic mass is 10.1. The van der Waals surface area contributed by atoms with Gasteiger partial charge in [-0.05, 0) is 23.6 Å². The highest BCUT2D eigenvalue weighted by Gasteiger charge is 2.10. The van der Waals surface area contributed by atoms with Gasteiger partial charge >= 0.3 is 0 Å². The van der Waals surface area contributed by atoms with Crippen LogP contribution >= 0.6 is 11.3 Å². The average Bonchev–Trinajstić information content (AvgIpc) is 3.01. The summed E-state index contributed by atoms with van der Waals surface area (Å²) < 4.78 is 10.2.